The summed E-state index contributed by atoms with van der Waals surface area (Å²) >= 11 is 0. The van der Waals surface area contributed by atoms with Gasteiger partial charge in [0.2, 0.25) is 18.3 Å². The van der Waals surface area contributed by atoms with E-state index in [2.05, 4.69) is 5.32 Å². The number of carbonyl (C=O) groups excluding carboxylic acids is 2. The minimum Gasteiger partial charge on any atom is -0.324 e. The van der Waals surface area contributed by atoms with E-state index in [-0.39, 0.29) is 18.4 Å². The summed E-state index contributed by atoms with van der Waals surface area (Å²) in [6, 6.07) is 20.2. The number of hydrogen-bond donors (Lipinski definition) is 1. The van der Waals surface area contributed by atoms with Gasteiger partial charge in [0.1, 0.15) is 0 Å². The second kappa shape index (κ2) is 7.27. The van der Waals surface area contributed by atoms with Crippen molar-refractivity contribution in [3.63, 3.8) is 0 Å². The molecule has 1 aliphatic heterocycles. The summed E-state index contributed by atoms with van der Waals surface area (Å²) in [7, 11) is 0. The summed E-state index contributed by atoms with van der Waals surface area (Å²) < 4.78 is 1.85. The number of para-hydroxylation sites is 2. The zero-order valence-corrected chi connectivity index (χ0v) is 15.9. The Kier molecular flexibility index (Phi) is 4.65. The highest BCUT2D eigenvalue weighted by Gasteiger charge is 2.44. The second-order valence-electron chi connectivity index (χ2n) is 7.01. The SMILES string of the molecule is Cc1ccccc1NC(=O)[C@@H]1c2cccc[n+]2CC(=O)N1c1ccccc1C. The van der Waals surface area contributed by atoms with Crippen molar-refractivity contribution in [2.45, 2.75) is 26.4 Å². The van der Waals surface area contributed by atoms with E-state index in [0.29, 0.717) is 0 Å². The molecule has 3 aromatic rings. The molecule has 0 spiro atoms. The fourth-order valence-corrected chi connectivity index (χ4v) is 3.65. The number of aromatic nitrogens is 1. The smallest absolute Gasteiger partial charge is 0.294 e. The molecule has 4 rings (SSSR count). The number of carbonyl (C=O) groups is 2. The molecular weight excluding hydrogens is 350 g/mol. The molecule has 28 heavy (non-hydrogen) atoms. The summed E-state index contributed by atoms with van der Waals surface area (Å²) in [6.45, 7) is 4.11. The van der Waals surface area contributed by atoms with Crippen LogP contribution in [0.4, 0.5) is 11.4 Å². The number of rotatable bonds is 3. The van der Waals surface area contributed by atoms with Crippen LogP contribution in [0.5, 0.6) is 0 Å². The van der Waals surface area contributed by atoms with Gasteiger partial charge >= 0.3 is 0 Å². The third-order valence-corrected chi connectivity index (χ3v) is 5.11. The van der Waals surface area contributed by atoms with Crippen LogP contribution in [-0.2, 0) is 16.1 Å². The van der Waals surface area contributed by atoms with E-state index >= 15 is 0 Å². The lowest BCUT2D eigenvalue weighted by Crippen LogP contribution is -2.58. The van der Waals surface area contributed by atoms with Crippen LogP contribution in [0, 0.1) is 13.8 Å². The van der Waals surface area contributed by atoms with Crippen molar-refractivity contribution in [1.82, 2.24) is 0 Å². The molecule has 2 heterocycles. The maximum absolute atomic E-state index is 13.4. The molecule has 0 aliphatic carbocycles. The Bertz CT molecular complexity index is 1060. The lowest BCUT2D eigenvalue weighted by molar-refractivity contribution is -0.695. The van der Waals surface area contributed by atoms with Crippen molar-refractivity contribution in [3.8, 4) is 0 Å². The lowest BCUT2D eigenvalue weighted by atomic mass is 10.0. The van der Waals surface area contributed by atoms with Crippen molar-refractivity contribution in [2.24, 2.45) is 0 Å². The number of pyridine rings is 1. The molecule has 0 saturated heterocycles. The summed E-state index contributed by atoms with van der Waals surface area (Å²) in [5.41, 5.74) is 4.22. The van der Waals surface area contributed by atoms with E-state index in [9.17, 15) is 9.59 Å². The van der Waals surface area contributed by atoms with E-state index in [1.807, 2.05) is 91.3 Å². The normalized spacial score (nSPS) is 15.9. The van der Waals surface area contributed by atoms with Crippen molar-refractivity contribution >= 4 is 23.2 Å². The first kappa shape index (κ1) is 17.9. The summed E-state index contributed by atoms with van der Waals surface area (Å²) in [5, 5.41) is 3.01. The number of nitrogens with one attached hydrogen (secondary N) is 1. The molecule has 1 aliphatic rings. The number of anilines is 2. The molecule has 2 aromatic carbocycles. The van der Waals surface area contributed by atoms with Crippen LogP contribution in [0.3, 0.4) is 0 Å². The van der Waals surface area contributed by atoms with Gasteiger partial charge in [-0.1, -0.05) is 42.5 Å². The Balaban J connectivity index is 1.81. The van der Waals surface area contributed by atoms with Gasteiger partial charge in [-0.05, 0) is 37.1 Å². The Morgan fingerprint density at radius 3 is 2.39 bits per heavy atom. The molecule has 1 atom stereocenters. The predicted octanol–water partition coefficient (Wildman–Crippen LogP) is 3.32. The van der Waals surface area contributed by atoms with E-state index in [4.69, 9.17) is 0 Å². The molecule has 1 aromatic heterocycles. The minimum atomic E-state index is -0.747. The maximum atomic E-state index is 13.4. The first-order chi connectivity index (χ1) is 13.6. The zero-order chi connectivity index (χ0) is 19.7. The van der Waals surface area contributed by atoms with Crippen LogP contribution in [0.1, 0.15) is 22.9 Å². The number of hydrogen-bond acceptors (Lipinski definition) is 2. The quantitative estimate of drug-likeness (QED) is 0.717. The average Bonchev–Trinajstić information content (AvgIpc) is 2.69. The highest BCUT2D eigenvalue weighted by atomic mass is 16.2. The molecule has 1 N–H and O–H groups in total. The molecule has 0 radical (unpaired) electrons. The fourth-order valence-electron chi connectivity index (χ4n) is 3.65. The van der Waals surface area contributed by atoms with E-state index in [1.54, 1.807) is 4.90 Å². The first-order valence-corrected chi connectivity index (χ1v) is 9.29. The van der Waals surface area contributed by atoms with Gasteiger partial charge in [-0.3, -0.25) is 14.5 Å². The molecular formula is C23H22N3O2+. The van der Waals surface area contributed by atoms with Crippen LogP contribution >= 0.6 is 0 Å². The van der Waals surface area contributed by atoms with Gasteiger partial charge < -0.3 is 5.32 Å². The van der Waals surface area contributed by atoms with Crippen LogP contribution in [0.15, 0.2) is 72.9 Å². The molecule has 2 amide bonds. The number of amides is 2. The fraction of sp³-hybridized carbons (Fsp3) is 0.174. The van der Waals surface area contributed by atoms with Crippen molar-refractivity contribution in [1.29, 1.82) is 0 Å². The average molecular weight is 372 g/mol. The minimum absolute atomic E-state index is 0.108. The highest BCUT2D eigenvalue weighted by Crippen LogP contribution is 2.32. The Morgan fingerprint density at radius 1 is 0.964 bits per heavy atom. The van der Waals surface area contributed by atoms with E-state index in [0.717, 1.165) is 28.2 Å². The van der Waals surface area contributed by atoms with E-state index < -0.39 is 6.04 Å². The van der Waals surface area contributed by atoms with Gasteiger partial charge in [-0.2, -0.15) is 4.57 Å². The molecule has 0 fully saturated rings. The predicted molar refractivity (Wildman–Crippen MR) is 108 cm³/mol. The van der Waals surface area contributed by atoms with Crippen LogP contribution < -0.4 is 14.8 Å². The summed E-state index contributed by atoms with van der Waals surface area (Å²) in [6.07, 6.45) is 1.84. The van der Waals surface area contributed by atoms with Crippen molar-refractivity contribution in [2.75, 3.05) is 10.2 Å². The van der Waals surface area contributed by atoms with Gasteiger partial charge in [-0.15, -0.1) is 0 Å². The third kappa shape index (κ3) is 3.16. The number of benzene rings is 2. The van der Waals surface area contributed by atoms with Gasteiger partial charge in [-0.25, -0.2) is 0 Å². The molecule has 5 heteroatoms. The van der Waals surface area contributed by atoms with E-state index in [1.165, 1.54) is 0 Å². The Morgan fingerprint density at radius 2 is 1.64 bits per heavy atom. The van der Waals surface area contributed by atoms with Crippen molar-refractivity contribution in [3.05, 3.63) is 89.7 Å². The largest absolute Gasteiger partial charge is 0.324 e. The molecule has 0 bridgehead atoms. The molecule has 0 unspecified atom stereocenters. The van der Waals surface area contributed by atoms with Crippen molar-refractivity contribution < 1.29 is 14.2 Å². The van der Waals surface area contributed by atoms with Gasteiger partial charge in [0, 0.05) is 23.5 Å². The summed E-state index contributed by atoms with van der Waals surface area (Å²) in [5.74, 6) is -0.339. The van der Waals surface area contributed by atoms with Crippen LogP contribution in [0.2, 0.25) is 0 Å². The maximum Gasteiger partial charge on any atom is 0.294 e. The monoisotopic (exact) mass is 372 g/mol. The lowest BCUT2D eigenvalue weighted by Gasteiger charge is -2.33. The third-order valence-electron chi connectivity index (χ3n) is 5.11. The van der Waals surface area contributed by atoms with Crippen LogP contribution in [0.25, 0.3) is 0 Å². The van der Waals surface area contributed by atoms with Gasteiger partial charge in [0.15, 0.2) is 6.20 Å². The van der Waals surface area contributed by atoms with Crippen LogP contribution in [-0.4, -0.2) is 11.8 Å². The first-order valence-electron chi connectivity index (χ1n) is 9.29. The Labute approximate surface area is 164 Å². The van der Waals surface area contributed by atoms with Gasteiger partial charge in [0.05, 0.1) is 0 Å². The molecule has 140 valence electrons. The topological polar surface area (TPSA) is 53.3 Å². The zero-order valence-electron chi connectivity index (χ0n) is 15.9. The Hall–Kier alpha value is -3.47. The summed E-state index contributed by atoms with van der Waals surface area (Å²) in [4.78, 5) is 28.1. The highest BCUT2D eigenvalue weighted by molar-refractivity contribution is 6.06. The number of fused-ring (bicyclic) bond motifs is 1. The molecule has 5 nitrogen and oxygen atoms in total. The second-order valence-corrected chi connectivity index (χ2v) is 7.01. The van der Waals surface area contributed by atoms with Gasteiger partial charge in [0.25, 0.3) is 11.8 Å². The standard InChI is InChI=1S/C23H21N3O2/c1-16-9-3-5-11-18(16)24-23(28)22-20-13-7-8-14-25(20)15-21(27)26(22)19-12-6-4-10-17(19)2/h3-14,22H,15H2,1-2H3/p+1/t22-/m0/s1. The number of nitrogens with zero attached hydrogens (tertiary/aromatic N) is 2. The number of aryl methyl sites for hydroxylation is 2. The molecule has 0 saturated carbocycles.